The Kier molecular flexibility index (Phi) is 11.0. The third-order valence-corrected chi connectivity index (χ3v) is 5.53. The number of Topliss-reactive ketones (excluding diaryl/α,β-unsaturated/α-hetero) is 1. The second kappa shape index (κ2) is 12.4. The van der Waals surface area contributed by atoms with E-state index in [0.29, 0.717) is 6.42 Å². The number of ether oxygens (including phenoxy) is 1. The maximum atomic E-state index is 12.5. The van der Waals surface area contributed by atoms with Gasteiger partial charge in [-0.05, 0) is 54.1 Å². The van der Waals surface area contributed by atoms with Crippen LogP contribution in [-0.4, -0.2) is 63.2 Å². The first-order chi connectivity index (χ1) is 13.7. The molecule has 0 spiro atoms. The first-order valence-corrected chi connectivity index (χ1v) is 10.5. The quantitative estimate of drug-likeness (QED) is 0.251. The Morgan fingerprint density at radius 1 is 1.28 bits per heavy atom. The molecule has 1 aliphatic rings. The third-order valence-electron chi connectivity index (χ3n) is 4.91. The number of methoxy groups -OCH3 is 1. The SMILES string of the molecule is CC/C=C\C/C=C\C[C@@]1(O)C=C(Br)C(=O)[C@@H]1[C@H](O)[C@@H](O)[C@H](O)CCCC(=O)OC. The van der Waals surface area contributed by atoms with Crippen LogP contribution in [0.25, 0.3) is 0 Å². The van der Waals surface area contributed by atoms with Gasteiger partial charge in [-0.3, -0.25) is 9.59 Å². The number of aliphatic hydroxyl groups is 4. The standard InChI is InChI=1S/C21H31BrO7/c1-3-4-5-6-7-8-12-21(28)13-14(22)18(25)17(21)20(27)19(26)15(23)10-9-11-16(24)29-2/h4-5,7-8,13,15,17,19-20,23,26-28H,3,6,9-12H2,1-2H3/b5-4-,8-7-/t15-,17-,19+,20+,21-/m1/s1. The van der Waals surface area contributed by atoms with E-state index in [0.717, 1.165) is 6.42 Å². The molecule has 1 aliphatic carbocycles. The second-order valence-corrected chi connectivity index (χ2v) is 7.99. The molecule has 0 saturated heterocycles. The predicted molar refractivity (Wildman–Crippen MR) is 112 cm³/mol. The molecule has 0 aromatic rings. The molecule has 0 aliphatic heterocycles. The number of hydrogen-bond donors (Lipinski definition) is 4. The number of aliphatic hydroxyl groups excluding tert-OH is 3. The summed E-state index contributed by atoms with van der Waals surface area (Å²) in [5, 5.41) is 42.0. The highest BCUT2D eigenvalue weighted by Gasteiger charge is 2.51. The van der Waals surface area contributed by atoms with Crippen LogP contribution in [0.5, 0.6) is 0 Å². The molecule has 8 heteroatoms. The van der Waals surface area contributed by atoms with Gasteiger partial charge in [0.05, 0.1) is 29.7 Å². The van der Waals surface area contributed by atoms with Gasteiger partial charge in [-0.1, -0.05) is 31.2 Å². The van der Waals surface area contributed by atoms with Gasteiger partial charge in [0.25, 0.3) is 0 Å². The summed E-state index contributed by atoms with van der Waals surface area (Å²) >= 11 is 3.09. The summed E-state index contributed by atoms with van der Waals surface area (Å²) in [6.07, 6.45) is 6.20. The molecule has 0 unspecified atom stereocenters. The molecule has 0 saturated carbocycles. The summed E-state index contributed by atoms with van der Waals surface area (Å²) in [5.74, 6) is -2.31. The minimum absolute atomic E-state index is 0.0327. The van der Waals surface area contributed by atoms with Gasteiger partial charge in [0, 0.05) is 6.42 Å². The third kappa shape index (κ3) is 7.46. The summed E-state index contributed by atoms with van der Waals surface area (Å²) in [4.78, 5) is 23.6. The van der Waals surface area contributed by atoms with E-state index in [9.17, 15) is 30.0 Å². The van der Waals surface area contributed by atoms with E-state index in [1.807, 2.05) is 25.2 Å². The lowest BCUT2D eigenvalue weighted by molar-refractivity contribution is -0.144. The van der Waals surface area contributed by atoms with E-state index < -0.39 is 41.6 Å². The maximum Gasteiger partial charge on any atom is 0.305 e. The van der Waals surface area contributed by atoms with E-state index in [4.69, 9.17) is 0 Å². The van der Waals surface area contributed by atoms with Crippen molar-refractivity contribution in [3.05, 3.63) is 34.9 Å². The molecule has 7 nitrogen and oxygen atoms in total. The smallest absolute Gasteiger partial charge is 0.305 e. The van der Waals surface area contributed by atoms with Crippen LogP contribution in [0.1, 0.15) is 45.4 Å². The van der Waals surface area contributed by atoms with Crippen LogP contribution < -0.4 is 0 Å². The monoisotopic (exact) mass is 474 g/mol. The molecule has 1 rings (SSSR count). The van der Waals surface area contributed by atoms with E-state index in [-0.39, 0.29) is 30.2 Å². The van der Waals surface area contributed by atoms with Gasteiger partial charge >= 0.3 is 5.97 Å². The highest BCUT2D eigenvalue weighted by molar-refractivity contribution is 9.12. The summed E-state index contributed by atoms with van der Waals surface area (Å²) in [6, 6.07) is 0. The van der Waals surface area contributed by atoms with Gasteiger partial charge in [0.1, 0.15) is 11.7 Å². The van der Waals surface area contributed by atoms with E-state index >= 15 is 0 Å². The maximum absolute atomic E-state index is 12.5. The van der Waals surface area contributed by atoms with Crippen LogP contribution in [0.4, 0.5) is 0 Å². The molecule has 0 heterocycles. The second-order valence-electron chi connectivity index (χ2n) is 7.13. The van der Waals surface area contributed by atoms with Crippen molar-refractivity contribution in [1.29, 1.82) is 0 Å². The fourth-order valence-electron chi connectivity index (χ4n) is 3.26. The lowest BCUT2D eigenvalue weighted by Crippen LogP contribution is -2.51. The minimum atomic E-state index is -1.69. The van der Waals surface area contributed by atoms with Gasteiger partial charge in [0.15, 0.2) is 5.78 Å². The number of ketones is 1. The number of carbonyl (C=O) groups is 2. The molecule has 0 radical (unpaired) electrons. The number of esters is 1. The Balaban J connectivity index is 2.78. The van der Waals surface area contributed by atoms with Crippen molar-refractivity contribution in [2.45, 2.75) is 69.4 Å². The van der Waals surface area contributed by atoms with Crippen LogP contribution >= 0.6 is 15.9 Å². The van der Waals surface area contributed by atoms with Crippen LogP contribution in [0.15, 0.2) is 34.9 Å². The molecular weight excluding hydrogens is 444 g/mol. The normalized spacial score (nSPS) is 25.4. The van der Waals surface area contributed by atoms with Crippen molar-refractivity contribution < 1.29 is 34.8 Å². The van der Waals surface area contributed by atoms with E-state index in [1.165, 1.54) is 13.2 Å². The molecule has 164 valence electrons. The molecule has 29 heavy (non-hydrogen) atoms. The van der Waals surface area contributed by atoms with E-state index in [2.05, 4.69) is 20.7 Å². The van der Waals surface area contributed by atoms with Gasteiger partial charge in [-0.25, -0.2) is 0 Å². The van der Waals surface area contributed by atoms with Crippen molar-refractivity contribution in [3.63, 3.8) is 0 Å². The van der Waals surface area contributed by atoms with Crippen LogP contribution in [0.2, 0.25) is 0 Å². The Morgan fingerprint density at radius 2 is 1.93 bits per heavy atom. The first kappa shape index (κ1) is 25.7. The van der Waals surface area contributed by atoms with Crippen LogP contribution in [0, 0.1) is 5.92 Å². The number of hydrogen-bond acceptors (Lipinski definition) is 7. The highest BCUT2D eigenvalue weighted by Crippen LogP contribution is 2.40. The highest BCUT2D eigenvalue weighted by atomic mass is 79.9. The van der Waals surface area contributed by atoms with Gasteiger partial charge in [0.2, 0.25) is 0 Å². The number of rotatable bonds is 12. The zero-order valence-electron chi connectivity index (χ0n) is 16.8. The molecule has 0 aromatic carbocycles. The number of carbonyl (C=O) groups excluding carboxylic acids is 2. The summed E-state index contributed by atoms with van der Waals surface area (Å²) in [5.41, 5.74) is -1.69. The minimum Gasteiger partial charge on any atom is -0.469 e. The van der Waals surface area contributed by atoms with Crippen molar-refractivity contribution in [2.24, 2.45) is 5.92 Å². The van der Waals surface area contributed by atoms with Gasteiger partial charge in [-0.2, -0.15) is 0 Å². The molecule has 4 N–H and O–H groups in total. The number of allylic oxidation sites excluding steroid dienone is 4. The van der Waals surface area contributed by atoms with E-state index in [1.54, 1.807) is 6.08 Å². The van der Waals surface area contributed by atoms with Crippen molar-refractivity contribution >= 4 is 27.7 Å². The average Bonchev–Trinajstić information content (AvgIpc) is 2.91. The Labute approximate surface area is 179 Å². The Bertz CT molecular complexity index is 643. The molecular formula is C21H31BrO7. The molecule has 0 amide bonds. The van der Waals surface area contributed by atoms with Crippen molar-refractivity contribution in [3.8, 4) is 0 Å². The summed E-state index contributed by atoms with van der Waals surface area (Å²) in [7, 11) is 1.25. The van der Waals surface area contributed by atoms with Gasteiger partial charge in [-0.15, -0.1) is 0 Å². The van der Waals surface area contributed by atoms with Crippen LogP contribution in [-0.2, 0) is 14.3 Å². The van der Waals surface area contributed by atoms with Crippen LogP contribution in [0.3, 0.4) is 0 Å². The zero-order valence-corrected chi connectivity index (χ0v) is 18.4. The van der Waals surface area contributed by atoms with Gasteiger partial charge < -0.3 is 25.2 Å². The molecule has 0 aromatic heterocycles. The fraction of sp³-hybridized carbons (Fsp3) is 0.619. The Morgan fingerprint density at radius 3 is 2.55 bits per heavy atom. The topological polar surface area (TPSA) is 124 Å². The zero-order chi connectivity index (χ0) is 22.0. The number of halogens is 1. The van der Waals surface area contributed by atoms with Crippen molar-refractivity contribution in [2.75, 3.05) is 7.11 Å². The lowest BCUT2D eigenvalue weighted by Gasteiger charge is -2.34. The first-order valence-electron chi connectivity index (χ1n) is 9.73. The van der Waals surface area contributed by atoms with Crippen molar-refractivity contribution in [1.82, 2.24) is 0 Å². The molecule has 0 bridgehead atoms. The molecule has 0 fully saturated rings. The Hall–Kier alpha value is -1.32. The molecule has 5 atom stereocenters. The fourth-order valence-corrected chi connectivity index (χ4v) is 3.90. The summed E-state index contributed by atoms with van der Waals surface area (Å²) in [6.45, 7) is 2.02. The average molecular weight is 475 g/mol. The largest absolute Gasteiger partial charge is 0.469 e. The lowest BCUT2D eigenvalue weighted by atomic mass is 9.79. The predicted octanol–water partition coefficient (Wildman–Crippen LogP) is 1.92. The summed E-state index contributed by atoms with van der Waals surface area (Å²) < 4.78 is 4.63.